The molecule has 6 heteroatoms. The van der Waals surface area contributed by atoms with Crippen molar-refractivity contribution in [1.82, 2.24) is 4.98 Å². The van der Waals surface area contributed by atoms with E-state index >= 15 is 0 Å². The van der Waals surface area contributed by atoms with Crippen LogP contribution in [0.25, 0.3) is 16.5 Å². The summed E-state index contributed by atoms with van der Waals surface area (Å²) in [7, 11) is 0. The van der Waals surface area contributed by atoms with Crippen LogP contribution >= 0.6 is 11.8 Å². The Labute approximate surface area is 178 Å². The molecule has 1 atom stereocenters. The number of anilines is 1. The van der Waals surface area contributed by atoms with Gasteiger partial charge in [-0.25, -0.2) is 13.2 Å². The number of aromatic nitrogens is 1. The average molecular weight is 429 g/mol. The summed E-state index contributed by atoms with van der Waals surface area (Å²) in [5, 5.41) is 4.27. The standard InChI is InChI=1S/C24H23F3N2S/c1-14-12-22(29-15(2)18-4-3-5-19(23(18)25)24(26)27)20-13-17(6-7-21(20)28-14)16-8-10-30-11-9-16/h3-8,12-13,15,24H,9-11H2,1-2H3,(H,28,29). The number of pyridine rings is 1. The monoisotopic (exact) mass is 428 g/mol. The highest BCUT2D eigenvalue weighted by molar-refractivity contribution is 7.99. The van der Waals surface area contributed by atoms with E-state index in [0.717, 1.165) is 51.8 Å². The fraction of sp³-hybridized carbons (Fsp3) is 0.292. The number of allylic oxidation sites excluding steroid dienone is 1. The molecule has 0 spiro atoms. The number of aryl methyl sites for hydroxylation is 1. The lowest BCUT2D eigenvalue weighted by Crippen LogP contribution is -2.11. The highest BCUT2D eigenvalue weighted by Gasteiger charge is 2.20. The van der Waals surface area contributed by atoms with Gasteiger partial charge in [-0.3, -0.25) is 4.98 Å². The van der Waals surface area contributed by atoms with Gasteiger partial charge < -0.3 is 5.32 Å². The number of benzene rings is 2. The summed E-state index contributed by atoms with van der Waals surface area (Å²) in [5.74, 6) is 1.27. The fourth-order valence-corrected chi connectivity index (χ4v) is 4.70. The average Bonchev–Trinajstić information content (AvgIpc) is 2.74. The summed E-state index contributed by atoms with van der Waals surface area (Å²) >= 11 is 1.92. The van der Waals surface area contributed by atoms with Crippen LogP contribution in [-0.2, 0) is 0 Å². The molecule has 1 N–H and O–H groups in total. The van der Waals surface area contributed by atoms with Crippen molar-refractivity contribution >= 4 is 33.9 Å². The molecule has 2 aromatic carbocycles. The predicted octanol–water partition coefficient (Wildman–Crippen LogP) is 7.31. The molecule has 30 heavy (non-hydrogen) atoms. The van der Waals surface area contributed by atoms with Gasteiger partial charge in [0.25, 0.3) is 6.43 Å². The van der Waals surface area contributed by atoms with Gasteiger partial charge in [0.2, 0.25) is 0 Å². The third kappa shape index (κ3) is 4.19. The second-order valence-corrected chi connectivity index (χ2v) is 8.66. The molecule has 3 aromatic rings. The molecular weight excluding hydrogens is 405 g/mol. The number of nitrogens with zero attached hydrogens (tertiary/aromatic N) is 1. The van der Waals surface area contributed by atoms with E-state index < -0.39 is 23.8 Å². The van der Waals surface area contributed by atoms with Crippen molar-refractivity contribution in [3.8, 4) is 0 Å². The summed E-state index contributed by atoms with van der Waals surface area (Å²) in [5.41, 5.74) is 4.64. The van der Waals surface area contributed by atoms with Crippen molar-refractivity contribution in [3.63, 3.8) is 0 Å². The van der Waals surface area contributed by atoms with Crippen LogP contribution in [0.4, 0.5) is 18.9 Å². The number of hydrogen-bond acceptors (Lipinski definition) is 3. The SMILES string of the molecule is Cc1cc(NC(C)c2cccc(C(F)F)c2F)c2cc(C3=CCSCC3)ccc2n1. The summed E-state index contributed by atoms with van der Waals surface area (Å²) < 4.78 is 40.8. The number of halogens is 3. The van der Waals surface area contributed by atoms with Gasteiger partial charge in [0.15, 0.2) is 0 Å². The summed E-state index contributed by atoms with van der Waals surface area (Å²) in [6, 6.07) is 11.8. The predicted molar refractivity (Wildman–Crippen MR) is 120 cm³/mol. The summed E-state index contributed by atoms with van der Waals surface area (Å²) in [4.78, 5) is 4.62. The van der Waals surface area contributed by atoms with Gasteiger partial charge in [-0.2, -0.15) is 11.8 Å². The molecule has 0 aliphatic carbocycles. The molecule has 2 nitrogen and oxygen atoms in total. The van der Waals surface area contributed by atoms with E-state index in [4.69, 9.17) is 0 Å². The Kier molecular flexibility index (Phi) is 6.04. The van der Waals surface area contributed by atoms with Gasteiger partial charge in [0.1, 0.15) is 5.82 Å². The van der Waals surface area contributed by atoms with Crippen molar-refractivity contribution in [2.75, 3.05) is 16.8 Å². The Morgan fingerprint density at radius 3 is 2.63 bits per heavy atom. The molecule has 0 bridgehead atoms. The zero-order chi connectivity index (χ0) is 21.3. The normalized spacial score (nSPS) is 15.3. The van der Waals surface area contributed by atoms with E-state index in [9.17, 15) is 13.2 Å². The molecule has 0 amide bonds. The molecule has 0 fully saturated rings. The summed E-state index contributed by atoms with van der Waals surface area (Å²) in [6.07, 6.45) is 0.448. The minimum Gasteiger partial charge on any atom is -0.378 e. The Balaban J connectivity index is 1.73. The smallest absolute Gasteiger partial charge is 0.266 e. The van der Waals surface area contributed by atoms with E-state index in [0.29, 0.717) is 0 Å². The van der Waals surface area contributed by atoms with Crippen molar-refractivity contribution in [2.45, 2.75) is 32.7 Å². The number of hydrogen-bond donors (Lipinski definition) is 1. The molecule has 0 radical (unpaired) electrons. The van der Waals surface area contributed by atoms with E-state index in [1.807, 2.05) is 30.8 Å². The van der Waals surface area contributed by atoms with Crippen molar-refractivity contribution in [1.29, 1.82) is 0 Å². The van der Waals surface area contributed by atoms with Gasteiger partial charge in [-0.15, -0.1) is 0 Å². The minimum absolute atomic E-state index is 0.221. The first-order chi connectivity index (χ1) is 14.4. The van der Waals surface area contributed by atoms with Crippen LogP contribution in [0.3, 0.4) is 0 Å². The Hall–Kier alpha value is -2.47. The van der Waals surface area contributed by atoms with E-state index in [1.54, 1.807) is 13.0 Å². The topological polar surface area (TPSA) is 24.9 Å². The highest BCUT2D eigenvalue weighted by Crippen LogP contribution is 2.34. The van der Waals surface area contributed by atoms with Crippen LogP contribution in [0.5, 0.6) is 0 Å². The molecule has 1 unspecified atom stereocenters. The Bertz CT molecular complexity index is 1110. The number of alkyl halides is 2. The van der Waals surface area contributed by atoms with E-state index in [-0.39, 0.29) is 5.56 Å². The van der Waals surface area contributed by atoms with Crippen LogP contribution in [0.1, 0.15) is 48.2 Å². The lowest BCUT2D eigenvalue weighted by atomic mass is 9.99. The van der Waals surface area contributed by atoms with E-state index in [1.165, 1.54) is 11.6 Å². The number of thioether (sulfide) groups is 1. The summed E-state index contributed by atoms with van der Waals surface area (Å²) in [6.45, 7) is 3.68. The molecule has 1 aliphatic rings. The van der Waals surface area contributed by atoms with Crippen molar-refractivity contribution < 1.29 is 13.2 Å². The maximum absolute atomic E-state index is 14.6. The molecule has 0 saturated heterocycles. The van der Waals surface area contributed by atoms with Gasteiger partial charge in [0.05, 0.1) is 17.1 Å². The minimum atomic E-state index is -2.84. The third-order valence-corrected chi connectivity index (χ3v) is 6.30. The first-order valence-corrected chi connectivity index (χ1v) is 11.1. The third-order valence-electron chi connectivity index (χ3n) is 5.40. The number of fused-ring (bicyclic) bond motifs is 1. The lowest BCUT2D eigenvalue weighted by Gasteiger charge is -2.20. The fourth-order valence-electron chi connectivity index (χ4n) is 3.85. The number of nitrogens with one attached hydrogen (secondary N) is 1. The molecule has 1 aliphatic heterocycles. The zero-order valence-corrected chi connectivity index (χ0v) is 17.7. The van der Waals surface area contributed by atoms with Crippen LogP contribution in [-0.4, -0.2) is 16.5 Å². The first-order valence-electron chi connectivity index (χ1n) is 9.95. The molecule has 1 aromatic heterocycles. The van der Waals surface area contributed by atoms with Crippen LogP contribution in [0.15, 0.2) is 48.5 Å². The molecule has 0 saturated carbocycles. The van der Waals surface area contributed by atoms with Gasteiger partial charge >= 0.3 is 0 Å². The molecule has 156 valence electrons. The lowest BCUT2D eigenvalue weighted by molar-refractivity contribution is 0.146. The Morgan fingerprint density at radius 2 is 1.90 bits per heavy atom. The maximum Gasteiger partial charge on any atom is 0.266 e. The second kappa shape index (κ2) is 8.72. The molecule has 4 rings (SSSR count). The van der Waals surface area contributed by atoms with Crippen LogP contribution < -0.4 is 5.32 Å². The molecule has 2 heterocycles. The quantitative estimate of drug-likeness (QED) is 0.461. The van der Waals surface area contributed by atoms with Crippen LogP contribution in [0.2, 0.25) is 0 Å². The largest absolute Gasteiger partial charge is 0.378 e. The van der Waals surface area contributed by atoms with Crippen LogP contribution in [0, 0.1) is 12.7 Å². The van der Waals surface area contributed by atoms with Crippen molar-refractivity contribution in [3.05, 3.63) is 76.7 Å². The Morgan fingerprint density at radius 1 is 1.10 bits per heavy atom. The first kappa shape index (κ1) is 20.8. The highest BCUT2D eigenvalue weighted by atomic mass is 32.2. The van der Waals surface area contributed by atoms with Gasteiger partial charge in [-0.1, -0.05) is 30.3 Å². The van der Waals surface area contributed by atoms with Gasteiger partial charge in [0, 0.05) is 28.1 Å². The maximum atomic E-state index is 14.6. The van der Waals surface area contributed by atoms with Crippen molar-refractivity contribution in [2.24, 2.45) is 0 Å². The van der Waals surface area contributed by atoms with Gasteiger partial charge in [-0.05, 0) is 55.4 Å². The van der Waals surface area contributed by atoms with E-state index in [2.05, 4.69) is 28.5 Å². The molecular formula is C24H23F3N2S. The second-order valence-electron chi connectivity index (χ2n) is 7.51. The zero-order valence-electron chi connectivity index (χ0n) is 16.9. The number of rotatable bonds is 5.